The van der Waals surface area contributed by atoms with E-state index in [1.807, 2.05) is 11.8 Å². The molecule has 0 aliphatic carbocycles. The van der Waals surface area contributed by atoms with E-state index in [4.69, 9.17) is 0 Å². The van der Waals surface area contributed by atoms with Gasteiger partial charge in [-0.1, -0.05) is 25.1 Å². The molecule has 0 fully saturated rings. The highest BCUT2D eigenvalue weighted by Gasteiger charge is 2.10. The maximum absolute atomic E-state index is 3.57. The van der Waals surface area contributed by atoms with Crippen LogP contribution in [0.2, 0.25) is 0 Å². The Bertz CT molecular complexity index is 560. The molecule has 0 aliphatic heterocycles. The highest BCUT2D eigenvalue weighted by Crippen LogP contribution is 2.20. The van der Waals surface area contributed by atoms with Crippen molar-refractivity contribution in [1.29, 1.82) is 0 Å². The van der Waals surface area contributed by atoms with Gasteiger partial charge in [0.05, 0.1) is 0 Å². The molecule has 0 aliphatic rings. The second kappa shape index (κ2) is 7.71. The van der Waals surface area contributed by atoms with E-state index in [0.29, 0.717) is 0 Å². The lowest BCUT2D eigenvalue weighted by molar-refractivity contribution is 0.646. The molecule has 1 aromatic carbocycles. The minimum Gasteiger partial charge on any atom is -0.318 e. The Morgan fingerprint density at radius 1 is 1.19 bits per heavy atom. The van der Waals surface area contributed by atoms with Crippen molar-refractivity contribution in [3.63, 3.8) is 0 Å². The van der Waals surface area contributed by atoms with Crippen LogP contribution in [0.15, 0.2) is 36.4 Å². The van der Waals surface area contributed by atoms with E-state index < -0.39 is 0 Å². The van der Waals surface area contributed by atoms with E-state index in [1.54, 1.807) is 0 Å². The van der Waals surface area contributed by atoms with E-state index in [0.717, 1.165) is 18.3 Å². The molecule has 0 radical (unpaired) electrons. The average molecular weight is 302 g/mol. The molecular formula is C18H26N2S. The van der Waals surface area contributed by atoms with Crippen LogP contribution >= 0.6 is 11.8 Å². The molecule has 1 heterocycles. The molecule has 2 nitrogen and oxygen atoms in total. The van der Waals surface area contributed by atoms with Gasteiger partial charge in [-0.2, -0.15) is 11.8 Å². The molecule has 114 valence electrons. The maximum Gasteiger partial charge on any atom is 0.0455 e. The number of nitrogens with zero attached hydrogens (tertiary/aromatic N) is 1. The summed E-state index contributed by atoms with van der Waals surface area (Å²) in [6.45, 7) is 8.71. The predicted molar refractivity (Wildman–Crippen MR) is 94.5 cm³/mol. The summed E-state index contributed by atoms with van der Waals surface area (Å²) in [4.78, 5) is 0. The number of aryl methyl sites for hydroxylation is 1. The Kier molecular flexibility index (Phi) is 5.95. The van der Waals surface area contributed by atoms with E-state index in [9.17, 15) is 0 Å². The van der Waals surface area contributed by atoms with E-state index >= 15 is 0 Å². The fourth-order valence-electron chi connectivity index (χ4n) is 2.63. The third-order valence-electron chi connectivity index (χ3n) is 4.00. The first kappa shape index (κ1) is 16.2. The molecule has 0 spiro atoms. The van der Waals surface area contributed by atoms with Crippen LogP contribution in [0.25, 0.3) is 5.69 Å². The van der Waals surface area contributed by atoms with Crippen molar-refractivity contribution < 1.29 is 0 Å². The van der Waals surface area contributed by atoms with Gasteiger partial charge < -0.3 is 9.88 Å². The van der Waals surface area contributed by atoms with Gasteiger partial charge in [-0.25, -0.2) is 0 Å². The minimum atomic E-state index is 0.731. The van der Waals surface area contributed by atoms with E-state index in [1.165, 1.54) is 29.1 Å². The van der Waals surface area contributed by atoms with Gasteiger partial charge in [0.2, 0.25) is 0 Å². The zero-order chi connectivity index (χ0) is 15.2. The molecule has 1 aromatic heterocycles. The third kappa shape index (κ3) is 4.14. The number of para-hydroxylation sites is 1. The molecule has 0 saturated heterocycles. The van der Waals surface area contributed by atoms with Crippen molar-refractivity contribution in [2.24, 2.45) is 0 Å². The van der Waals surface area contributed by atoms with Crippen LogP contribution in [-0.2, 0) is 6.54 Å². The Morgan fingerprint density at radius 3 is 2.57 bits per heavy atom. The molecule has 1 atom stereocenters. The second-order valence-electron chi connectivity index (χ2n) is 5.58. The number of rotatable bonds is 7. The SMILES string of the molecule is CSC(C)CCNCc1cc(C)n(-c2ccccc2)c1C. The lowest BCUT2D eigenvalue weighted by atomic mass is 10.2. The Balaban J connectivity index is 2.03. The van der Waals surface area contributed by atoms with Crippen LogP contribution < -0.4 is 5.32 Å². The molecule has 0 saturated carbocycles. The quantitative estimate of drug-likeness (QED) is 0.767. The van der Waals surface area contributed by atoms with E-state index in [2.05, 4.69) is 73.3 Å². The topological polar surface area (TPSA) is 17.0 Å². The fraction of sp³-hybridized carbons (Fsp3) is 0.444. The molecule has 0 bridgehead atoms. The number of aromatic nitrogens is 1. The first-order valence-electron chi connectivity index (χ1n) is 7.60. The standard InChI is InChI=1S/C18H26N2S/c1-14-12-17(13-19-11-10-15(2)21-4)16(3)20(14)18-8-6-5-7-9-18/h5-9,12,15,19H,10-11,13H2,1-4H3. The first-order valence-corrected chi connectivity index (χ1v) is 8.89. The van der Waals surface area contributed by atoms with Crippen molar-refractivity contribution in [3.8, 4) is 5.69 Å². The molecule has 0 amide bonds. The van der Waals surface area contributed by atoms with Gasteiger partial charge in [0.15, 0.2) is 0 Å². The summed E-state index contributed by atoms with van der Waals surface area (Å²) in [6, 6.07) is 12.9. The smallest absolute Gasteiger partial charge is 0.0455 e. The largest absolute Gasteiger partial charge is 0.318 e. The summed E-state index contributed by atoms with van der Waals surface area (Å²) < 4.78 is 2.33. The van der Waals surface area contributed by atoms with Crippen LogP contribution in [-0.4, -0.2) is 22.6 Å². The van der Waals surface area contributed by atoms with Crippen LogP contribution in [0, 0.1) is 13.8 Å². The van der Waals surface area contributed by atoms with Crippen molar-refractivity contribution in [1.82, 2.24) is 9.88 Å². The van der Waals surface area contributed by atoms with Crippen LogP contribution in [0.5, 0.6) is 0 Å². The van der Waals surface area contributed by atoms with Gasteiger partial charge in [-0.05, 0) is 56.8 Å². The first-order chi connectivity index (χ1) is 10.1. The average Bonchev–Trinajstić information content (AvgIpc) is 2.78. The molecule has 2 rings (SSSR count). The summed E-state index contributed by atoms with van der Waals surface area (Å²) >= 11 is 1.93. The monoisotopic (exact) mass is 302 g/mol. The van der Waals surface area contributed by atoms with Gasteiger partial charge in [0.1, 0.15) is 0 Å². The minimum absolute atomic E-state index is 0.731. The second-order valence-corrected chi connectivity index (χ2v) is 6.86. The Morgan fingerprint density at radius 2 is 1.90 bits per heavy atom. The van der Waals surface area contributed by atoms with Crippen LogP contribution in [0.4, 0.5) is 0 Å². The van der Waals surface area contributed by atoms with Crippen molar-refractivity contribution >= 4 is 11.8 Å². The molecule has 2 aromatic rings. The summed E-state index contributed by atoms with van der Waals surface area (Å²) in [5, 5.41) is 4.30. The highest BCUT2D eigenvalue weighted by molar-refractivity contribution is 7.99. The zero-order valence-electron chi connectivity index (χ0n) is 13.5. The Hall–Kier alpha value is -1.19. The van der Waals surface area contributed by atoms with Crippen LogP contribution in [0.1, 0.15) is 30.3 Å². The number of benzene rings is 1. The fourth-order valence-corrected chi connectivity index (χ4v) is 2.98. The zero-order valence-corrected chi connectivity index (χ0v) is 14.3. The normalized spacial score (nSPS) is 12.6. The van der Waals surface area contributed by atoms with Crippen molar-refractivity contribution in [2.45, 2.75) is 39.0 Å². The van der Waals surface area contributed by atoms with Gasteiger partial charge in [-0.15, -0.1) is 0 Å². The van der Waals surface area contributed by atoms with Crippen LogP contribution in [0.3, 0.4) is 0 Å². The molecule has 1 unspecified atom stereocenters. The molecule has 1 N–H and O–H groups in total. The summed E-state index contributed by atoms with van der Waals surface area (Å²) in [7, 11) is 0. The summed E-state index contributed by atoms with van der Waals surface area (Å²) in [6.07, 6.45) is 3.40. The van der Waals surface area contributed by atoms with E-state index in [-0.39, 0.29) is 0 Å². The highest BCUT2D eigenvalue weighted by atomic mass is 32.2. The number of hydrogen-bond acceptors (Lipinski definition) is 2. The lowest BCUT2D eigenvalue weighted by Gasteiger charge is -2.11. The number of nitrogens with one attached hydrogen (secondary N) is 1. The van der Waals surface area contributed by atoms with Crippen molar-refractivity contribution in [3.05, 3.63) is 53.3 Å². The third-order valence-corrected chi connectivity index (χ3v) is 5.04. The number of hydrogen-bond donors (Lipinski definition) is 1. The van der Waals surface area contributed by atoms with Gasteiger partial charge in [0, 0.05) is 28.9 Å². The van der Waals surface area contributed by atoms with Gasteiger partial charge in [-0.3, -0.25) is 0 Å². The summed E-state index contributed by atoms with van der Waals surface area (Å²) in [5.41, 5.74) is 5.28. The lowest BCUT2D eigenvalue weighted by Crippen LogP contribution is -2.18. The van der Waals surface area contributed by atoms with Crippen molar-refractivity contribution in [2.75, 3.05) is 12.8 Å². The van der Waals surface area contributed by atoms with Gasteiger partial charge in [0.25, 0.3) is 0 Å². The summed E-state index contributed by atoms with van der Waals surface area (Å²) in [5.74, 6) is 0. The predicted octanol–water partition coefficient (Wildman–Crippen LogP) is 4.33. The number of thioether (sulfide) groups is 1. The molecular weight excluding hydrogens is 276 g/mol. The Labute approximate surface area is 133 Å². The van der Waals surface area contributed by atoms with Gasteiger partial charge >= 0.3 is 0 Å². The maximum atomic E-state index is 3.57. The molecule has 3 heteroatoms. The molecule has 21 heavy (non-hydrogen) atoms.